The second kappa shape index (κ2) is 5.58. The van der Waals surface area contributed by atoms with Crippen molar-refractivity contribution in [2.24, 2.45) is 0 Å². The lowest BCUT2D eigenvalue weighted by molar-refractivity contribution is -0.384. The van der Waals surface area contributed by atoms with E-state index in [1.807, 2.05) is 0 Å². The molecule has 25 heavy (non-hydrogen) atoms. The van der Waals surface area contributed by atoms with Crippen LogP contribution in [0.25, 0.3) is 0 Å². The van der Waals surface area contributed by atoms with E-state index in [1.165, 1.54) is 0 Å². The number of halogens is 13. The molecule has 0 aromatic heterocycles. The topological polar surface area (TPSA) is 71.4 Å². The molecular weight excluding hydrogens is 427 g/mol. The summed E-state index contributed by atoms with van der Waals surface area (Å²) in [6.07, 6.45) is -7.00. The van der Waals surface area contributed by atoms with Gasteiger partial charge < -0.3 is 0 Å². The number of ketones is 1. The van der Waals surface area contributed by atoms with Crippen LogP contribution in [-0.4, -0.2) is 53.9 Å². The van der Waals surface area contributed by atoms with Crippen LogP contribution in [0.1, 0.15) is 0 Å². The first-order chi connectivity index (χ1) is 10.4. The smallest absolute Gasteiger partial charge is 0.282 e. The Morgan fingerprint density at radius 2 is 0.960 bits per heavy atom. The third-order valence-electron chi connectivity index (χ3n) is 2.42. The molecule has 0 aliphatic heterocycles. The van der Waals surface area contributed by atoms with E-state index in [-0.39, 0.29) is 0 Å². The van der Waals surface area contributed by atoms with E-state index < -0.39 is 51.0 Å². The molecule has 0 aliphatic carbocycles. The Balaban J connectivity index is 6.55. The normalized spacial score (nSPS) is 16.1. The summed E-state index contributed by atoms with van der Waals surface area (Å²) in [5, 5.41) is -7.55. The quantitative estimate of drug-likeness (QED) is 0.522. The maximum atomic E-state index is 12.9. The second-order valence-electron chi connectivity index (χ2n) is 4.12. The van der Waals surface area contributed by atoms with Crippen LogP contribution in [0.15, 0.2) is 0 Å². The van der Waals surface area contributed by atoms with Crippen LogP contribution in [0.3, 0.4) is 0 Å². The van der Waals surface area contributed by atoms with Gasteiger partial charge in [0.05, 0.1) is 0 Å². The predicted molar refractivity (Wildman–Crippen MR) is 47.3 cm³/mol. The van der Waals surface area contributed by atoms with Crippen molar-refractivity contribution < 1.29 is 74.8 Å². The van der Waals surface area contributed by atoms with Gasteiger partial charge in [-0.05, 0) is 0 Å². The van der Waals surface area contributed by atoms with Crippen LogP contribution in [0.5, 0.6) is 0 Å². The molecule has 0 bridgehead atoms. The fraction of sp³-hybridized carbons (Fsp3) is 0.857. The Hall–Kier alpha value is -1.33. The van der Waals surface area contributed by atoms with Gasteiger partial charge in [-0.2, -0.15) is 65.5 Å². The molecule has 18 heteroatoms. The van der Waals surface area contributed by atoms with Crippen LogP contribution in [-0.2, 0) is 14.9 Å². The summed E-state index contributed by atoms with van der Waals surface area (Å²) < 4.78 is 190. The largest absolute Gasteiger partial charge is 0.456 e. The van der Waals surface area contributed by atoms with Crippen LogP contribution < -0.4 is 0 Å². The minimum Gasteiger partial charge on any atom is -0.282 e. The number of Topliss-reactive ketones (excluding diaryl/α,β-unsaturated/α-hetero) is 1. The van der Waals surface area contributed by atoms with Gasteiger partial charge in [-0.25, -0.2) is 0 Å². The molecule has 0 aromatic carbocycles. The number of carbonyl (C=O) groups excluding carboxylic acids is 1. The average molecular weight is 428 g/mol. The maximum absolute atomic E-state index is 12.9. The summed E-state index contributed by atoms with van der Waals surface area (Å²) in [6.45, 7) is 0. The Bertz CT molecular complexity index is 646. The standard InChI is InChI=1S/C7HF13O4S/c8-2(9,1(21)3(10,11)12)4(13,14)5(15,16)6(17,18)7(19,20)25(22,23)24/h(H,22,23,24). The van der Waals surface area contributed by atoms with Crippen LogP contribution >= 0.6 is 0 Å². The number of rotatable bonds is 6. The van der Waals surface area contributed by atoms with Crippen molar-refractivity contribution >= 4 is 15.9 Å². The predicted octanol–water partition coefficient (Wildman–Crippen LogP) is 3.14. The Morgan fingerprint density at radius 1 is 0.640 bits per heavy atom. The zero-order valence-electron chi connectivity index (χ0n) is 10.5. The number of hydrogen-bond donors (Lipinski definition) is 1. The first-order valence-corrected chi connectivity index (χ1v) is 6.32. The van der Waals surface area contributed by atoms with E-state index in [2.05, 4.69) is 0 Å². The van der Waals surface area contributed by atoms with Gasteiger partial charge in [0.1, 0.15) is 0 Å². The van der Waals surface area contributed by atoms with Crippen molar-refractivity contribution in [2.75, 3.05) is 0 Å². The second-order valence-corrected chi connectivity index (χ2v) is 5.58. The van der Waals surface area contributed by atoms with E-state index in [4.69, 9.17) is 4.55 Å². The molecule has 0 radical (unpaired) electrons. The van der Waals surface area contributed by atoms with Gasteiger partial charge >= 0.3 is 51.0 Å². The van der Waals surface area contributed by atoms with Crippen molar-refractivity contribution in [1.29, 1.82) is 0 Å². The first kappa shape index (κ1) is 23.7. The van der Waals surface area contributed by atoms with Gasteiger partial charge in [0.15, 0.2) is 0 Å². The zero-order valence-corrected chi connectivity index (χ0v) is 11.3. The fourth-order valence-corrected chi connectivity index (χ4v) is 1.51. The SMILES string of the molecule is O=C(C(F)(F)F)C(F)(F)C(F)(F)C(F)(F)C(F)(F)C(F)(F)S(=O)(=O)O. The van der Waals surface area contributed by atoms with E-state index >= 15 is 0 Å². The molecule has 0 fully saturated rings. The highest BCUT2D eigenvalue weighted by molar-refractivity contribution is 7.87. The highest BCUT2D eigenvalue weighted by Crippen LogP contribution is 2.58. The molecule has 0 saturated carbocycles. The molecule has 0 atom stereocenters. The molecule has 0 unspecified atom stereocenters. The fourth-order valence-electron chi connectivity index (χ4n) is 1.06. The molecule has 0 rings (SSSR count). The van der Waals surface area contributed by atoms with E-state index in [1.54, 1.807) is 0 Å². The third kappa shape index (κ3) is 3.13. The van der Waals surface area contributed by atoms with Crippen molar-refractivity contribution in [3.8, 4) is 0 Å². The third-order valence-corrected chi connectivity index (χ3v) is 3.32. The minimum atomic E-state index is -8.26. The molecule has 0 heterocycles. The molecule has 150 valence electrons. The van der Waals surface area contributed by atoms with Gasteiger partial charge in [0.25, 0.3) is 0 Å². The van der Waals surface area contributed by atoms with Gasteiger partial charge in [-0.3, -0.25) is 9.35 Å². The molecule has 0 saturated heterocycles. The Kier molecular flexibility index (Phi) is 5.29. The lowest BCUT2D eigenvalue weighted by Gasteiger charge is -2.37. The van der Waals surface area contributed by atoms with Crippen molar-refractivity contribution in [1.82, 2.24) is 0 Å². The molecule has 0 spiro atoms. The van der Waals surface area contributed by atoms with Crippen LogP contribution in [0, 0.1) is 0 Å². The monoisotopic (exact) mass is 428 g/mol. The van der Waals surface area contributed by atoms with Gasteiger partial charge in [-0.15, -0.1) is 0 Å². The van der Waals surface area contributed by atoms with E-state index in [9.17, 15) is 70.3 Å². The Morgan fingerprint density at radius 3 is 1.20 bits per heavy atom. The number of hydrogen-bond acceptors (Lipinski definition) is 3. The maximum Gasteiger partial charge on any atom is 0.456 e. The first-order valence-electron chi connectivity index (χ1n) is 4.88. The average Bonchev–Trinajstić information content (AvgIpc) is 2.34. The van der Waals surface area contributed by atoms with E-state index in [0.717, 1.165) is 0 Å². The van der Waals surface area contributed by atoms with Gasteiger partial charge in [-0.1, -0.05) is 0 Å². The lowest BCUT2D eigenvalue weighted by Crippen LogP contribution is -2.70. The molecule has 0 aromatic rings. The van der Waals surface area contributed by atoms with Crippen molar-refractivity contribution in [2.45, 2.75) is 35.1 Å². The minimum absolute atomic E-state index is 5.00. The molecule has 4 nitrogen and oxygen atoms in total. The molecular formula is C7HF13O4S. The van der Waals surface area contributed by atoms with E-state index in [0.29, 0.717) is 0 Å². The number of carbonyl (C=O) groups is 1. The van der Waals surface area contributed by atoms with Gasteiger partial charge in [0, 0.05) is 0 Å². The van der Waals surface area contributed by atoms with Crippen LogP contribution in [0.4, 0.5) is 57.1 Å². The number of alkyl halides is 13. The molecule has 0 amide bonds. The molecule has 1 N–H and O–H groups in total. The summed E-state index contributed by atoms with van der Waals surface area (Å²) in [6, 6.07) is 0. The van der Waals surface area contributed by atoms with Crippen molar-refractivity contribution in [3.05, 3.63) is 0 Å². The summed E-state index contributed by atoms with van der Waals surface area (Å²) in [7, 11) is -7.65. The zero-order chi connectivity index (χ0) is 21.1. The Labute approximate surface area is 127 Å². The van der Waals surface area contributed by atoms with Gasteiger partial charge in [0.2, 0.25) is 0 Å². The summed E-state index contributed by atoms with van der Waals surface area (Å²) >= 11 is 0. The summed E-state index contributed by atoms with van der Waals surface area (Å²) in [5.74, 6) is -37.2. The highest BCUT2D eigenvalue weighted by atomic mass is 32.2. The summed E-state index contributed by atoms with van der Waals surface area (Å²) in [5.41, 5.74) is 0. The molecule has 0 aliphatic rings. The van der Waals surface area contributed by atoms with Crippen molar-refractivity contribution in [3.63, 3.8) is 0 Å². The summed E-state index contributed by atoms with van der Waals surface area (Å²) in [4.78, 5) is 10.1. The highest BCUT2D eigenvalue weighted by Gasteiger charge is 2.91. The van der Waals surface area contributed by atoms with Crippen LogP contribution in [0.2, 0.25) is 0 Å². The lowest BCUT2D eigenvalue weighted by atomic mass is 9.95.